The number of rotatable bonds is 7. The minimum absolute atomic E-state index is 0.0545. The minimum Gasteiger partial charge on any atom is -0.467 e. The number of nitrogens with zero attached hydrogens (tertiary/aromatic N) is 2. The number of carbonyl (C=O) groups is 1. The molecule has 3 aromatic rings. The van der Waals surface area contributed by atoms with Crippen LogP contribution >= 0.6 is 11.8 Å². The van der Waals surface area contributed by atoms with Crippen LogP contribution in [0.3, 0.4) is 0 Å². The Morgan fingerprint density at radius 1 is 1.42 bits per heavy atom. The van der Waals surface area contributed by atoms with Crippen LogP contribution < -0.4 is 5.32 Å². The van der Waals surface area contributed by atoms with E-state index in [1.807, 2.05) is 49.4 Å². The molecule has 0 bridgehead atoms. The number of aromatic nitrogens is 2. The number of amides is 1. The van der Waals surface area contributed by atoms with E-state index < -0.39 is 0 Å². The Hall–Kier alpha value is -2.47. The van der Waals surface area contributed by atoms with E-state index in [1.165, 1.54) is 11.8 Å². The molecule has 0 radical (unpaired) electrons. The molecule has 5 nitrogen and oxygen atoms in total. The van der Waals surface area contributed by atoms with Gasteiger partial charge < -0.3 is 14.3 Å². The second-order valence-corrected chi connectivity index (χ2v) is 6.32. The molecule has 0 spiro atoms. The first-order valence-corrected chi connectivity index (χ1v) is 8.69. The number of imidazole rings is 1. The highest BCUT2D eigenvalue weighted by Gasteiger charge is 2.15. The van der Waals surface area contributed by atoms with E-state index in [0.29, 0.717) is 12.3 Å². The molecule has 0 saturated heterocycles. The maximum absolute atomic E-state index is 12.2. The van der Waals surface area contributed by atoms with E-state index in [4.69, 9.17) is 4.42 Å². The predicted molar refractivity (Wildman–Crippen MR) is 95.9 cm³/mol. The van der Waals surface area contributed by atoms with Crippen molar-refractivity contribution >= 4 is 28.7 Å². The van der Waals surface area contributed by atoms with Gasteiger partial charge in [-0.1, -0.05) is 30.0 Å². The molecular formula is C18H19N3O2S. The summed E-state index contributed by atoms with van der Waals surface area (Å²) in [6.45, 7) is 6.36. The summed E-state index contributed by atoms with van der Waals surface area (Å²) < 4.78 is 7.37. The number of nitrogens with one attached hydrogen (secondary N) is 1. The number of para-hydroxylation sites is 2. The van der Waals surface area contributed by atoms with Crippen molar-refractivity contribution in [2.75, 3.05) is 5.75 Å². The monoisotopic (exact) mass is 341 g/mol. The lowest BCUT2D eigenvalue weighted by Gasteiger charge is -2.11. The van der Waals surface area contributed by atoms with Gasteiger partial charge in [0.25, 0.3) is 0 Å². The van der Waals surface area contributed by atoms with Crippen LogP contribution in [0.1, 0.15) is 18.7 Å². The number of allylic oxidation sites excluding steroid dienone is 1. The third-order valence-electron chi connectivity index (χ3n) is 3.61. The van der Waals surface area contributed by atoms with Crippen LogP contribution in [0, 0.1) is 0 Å². The number of carbonyl (C=O) groups excluding carboxylic acids is 1. The predicted octanol–water partition coefficient (Wildman–Crippen LogP) is 3.78. The van der Waals surface area contributed by atoms with Crippen LogP contribution in [0.15, 0.2) is 64.9 Å². The first-order chi connectivity index (χ1) is 11.7. The fraction of sp³-hybridized carbons (Fsp3) is 0.222. The van der Waals surface area contributed by atoms with Gasteiger partial charge in [-0.15, -0.1) is 6.58 Å². The summed E-state index contributed by atoms with van der Waals surface area (Å²) in [6.07, 6.45) is 3.43. The van der Waals surface area contributed by atoms with Crippen molar-refractivity contribution < 1.29 is 9.21 Å². The fourth-order valence-electron chi connectivity index (χ4n) is 2.49. The first kappa shape index (κ1) is 16.4. The molecule has 1 atom stereocenters. The molecule has 1 unspecified atom stereocenters. The van der Waals surface area contributed by atoms with Crippen molar-refractivity contribution in [3.63, 3.8) is 0 Å². The molecule has 2 heterocycles. The first-order valence-electron chi connectivity index (χ1n) is 7.70. The zero-order valence-electron chi connectivity index (χ0n) is 13.4. The lowest BCUT2D eigenvalue weighted by atomic mass is 10.2. The van der Waals surface area contributed by atoms with E-state index in [2.05, 4.69) is 21.4 Å². The van der Waals surface area contributed by atoms with Crippen molar-refractivity contribution in [1.29, 1.82) is 0 Å². The second-order valence-electron chi connectivity index (χ2n) is 5.38. The molecule has 1 amide bonds. The summed E-state index contributed by atoms with van der Waals surface area (Å²) in [4.78, 5) is 16.8. The highest BCUT2D eigenvalue weighted by molar-refractivity contribution is 7.99. The van der Waals surface area contributed by atoms with E-state index in [-0.39, 0.29) is 11.9 Å². The standard InChI is InChI=1S/C18H19N3O2S/c1-3-10-21-15-8-5-4-7-14(15)20-18(21)24-12-17(22)19-13(2)16-9-6-11-23-16/h3-9,11,13H,1,10,12H2,2H3,(H,19,22). The Morgan fingerprint density at radius 2 is 2.25 bits per heavy atom. The summed E-state index contributed by atoms with van der Waals surface area (Å²) in [5.41, 5.74) is 1.97. The normalized spacial score (nSPS) is 12.2. The largest absolute Gasteiger partial charge is 0.467 e. The Kier molecular flexibility index (Phi) is 5.05. The topological polar surface area (TPSA) is 60.1 Å². The zero-order chi connectivity index (χ0) is 16.9. The zero-order valence-corrected chi connectivity index (χ0v) is 14.3. The van der Waals surface area contributed by atoms with E-state index in [1.54, 1.807) is 6.26 Å². The fourth-order valence-corrected chi connectivity index (χ4v) is 3.33. The van der Waals surface area contributed by atoms with Crippen LogP contribution in [0.5, 0.6) is 0 Å². The SMILES string of the molecule is C=CCn1c(SCC(=O)NC(C)c2ccco2)nc2ccccc21. The van der Waals surface area contributed by atoms with Crippen LogP contribution in [-0.2, 0) is 11.3 Å². The molecule has 0 fully saturated rings. The molecule has 3 rings (SSSR count). The number of fused-ring (bicyclic) bond motifs is 1. The van der Waals surface area contributed by atoms with Gasteiger partial charge in [0.15, 0.2) is 5.16 Å². The van der Waals surface area contributed by atoms with Crippen molar-refractivity contribution in [1.82, 2.24) is 14.9 Å². The molecular weight excluding hydrogens is 322 g/mol. The summed E-state index contributed by atoms with van der Waals surface area (Å²) in [6, 6.07) is 11.4. The Morgan fingerprint density at radius 3 is 3.00 bits per heavy atom. The van der Waals surface area contributed by atoms with Crippen LogP contribution in [0.4, 0.5) is 0 Å². The van der Waals surface area contributed by atoms with Crippen molar-refractivity contribution in [3.8, 4) is 0 Å². The van der Waals surface area contributed by atoms with Gasteiger partial charge in [-0.25, -0.2) is 4.98 Å². The molecule has 24 heavy (non-hydrogen) atoms. The lowest BCUT2D eigenvalue weighted by Crippen LogP contribution is -2.28. The Bertz CT molecular complexity index is 839. The Labute approximate surface area is 144 Å². The van der Waals surface area contributed by atoms with Gasteiger partial charge in [-0.3, -0.25) is 4.79 Å². The molecule has 2 aromatic heterocycles. The van der Waals surface area contributed by atoms with Crippen LogP contribution in [0.2, 0.25) is 0 Å². The summed E-state index contributed by atoms with van der Waals surface area (Å²) in [5, 5.41) is 3.74. The number of hydrogen-bond donors (Lipinski definition) is 1. The average Bonchev–Trinajstić information content (AvgIpc) is 3.22. The maximum atomic E-state index is 12.2. The molecule has 0 aliphatic carbocycles. The van der Waals surface area contributed by atoms with Crippen molar-refractivity contribution in [2.45, 2.75) is 24.7 Å². The van der Waals surface area contributed by atoms with Gasteiger partial charge in [0.1, 0.15) is 5.76 Å². The van der Waals surface area contributed by atoms with Crippen LogP contribution in [0.25, 0.3) is 11.0 Å². The summed E-state index contributed by atoms with van der Waals surface area (Å²) in [7, 11) is 0. The van der Waals surface area contributed by atoms with Gasteiger partial charge >= 0.3 is 0 Å². The number of thioether (sulfide) groups is 1. The van der Waals surface area contributed by atoms with Gasteiger partial charge in [0, 0.05) is 6.54 Å². The van der Waals surface area contributed by atoms with E-state index >= 15 is 0 Å². The second kappa shape index (κ2) is 7.40. The molecule has 6 heteroatoms. The van der Waals surface area contributed by atoms with Gasteiger partial charge in [-0.2, -0.15) is 0 Å². The number of furan rings is 1. The van der Waals surface area contributed by atoms with E-state index in [0.717, 1.165) is 22.0 Å². The highest BCUT2D eigenvalue weighted by atomic mass is 32.2. The van der Waals surface area contributed by atoms with Gasteiger partial charge in [-0.05, 0) is 31.2 Å². The molecule has 124 valence electrons. The molecule has 0 saturated carbocycles. The molecule has 1 N–H and O–H groups in total. The summed E-state index contributed by atoms with van der Waals surface area (Å²) >= 11 is 1.42. The lowest BCUT2D eigenvalue weighted by molar-refractivity contribution is -0.119. The molecule has 1 aromatic carbocycles. The third kappa shape index (κ3) is 3.54. The minimum atomic E-state index is -0.153. The molecule has 0 aliphatic heterocycles. The highest BCUT2D eigenvalue weighted by Crippen LogP contribution is 2.24. The number of hydrogen-bond acceptors (Lipinski definition) is 4. The smallest absolute Gasteiger partial charge is 0.231 e. The maximum Gasteiger partial charge on any atom is 0.231 e. The van der Waals surface area contributed by atoms with E-state index in [9.17, 15) is 4.79 Å². The van der Waals surface area contributed by atoms with Crippen molar-refractivity contribution in [2.24, 2.45) is 0 Å². The average molecular weight is 341 g/mol. The van der Waals surface area contributed by atoms with Gasteiger partial charge in [0.2, 0.25) is 5.91 Å². The van der Waals surface area contributed by atoms with Crippen molar-refractivity contribution in [3.05, 3.63) is 61.1 Å². The molecule has 0 aliphatic rings. The number of benzene rings is 1. The summed E-state index contributed by atoms with van der Waals surface area (Å²) in [5.74, 6) is 0.985. The quantitative estimate of drug-likeness (QED) is 0.525. The van der Waals surface area contributed by atoms with Gasteiger partial charge in [0.05, 0.1) is 29.1 Å². The van der Waals surface area contributed by atoms with Crippen LogP contribution in [-0.4, -0.2) is 21.2 Å². The Balaban J connectivity index is 1.67. The third-order valence-corrected chi connectivity index (χ3v) is 4.59.